The number of benzene rings is 1. The van der Waals surface area contributed by atoms with Crippen molar-refractivity contribution in [3.8, 4) is 22.8 Å². The summed E-state index contributed by atoms with van der Waals surface area (Å²) in [4.78, 5) is 7.80. The van der Waals surface area contributed by atoms with Crippen LogP contribution in [0.2, 0.25) is 5.02 Å². The van der Waals surface area contributed by atoms with Crippen molar-refractivity contribution in [1.29, 1.82) is 0 Å². The molecule has 0 saturated carbocycles. The lowest BCUT2D eigenvalue weighted by molar-refractivity contribution is 0.629. The number of aromatic amines is 1. The third-order valence-corrected chi connectivity index (χ3v) is 3.59. The zero-order chi connectivity index (χ0) is 14.2. The van der Waals surface area contributed by atoms with Gasteiger partial charge >= 0.3 is 0 Å². The number of hydrogen-bond acceptors (Lipinski definition) is 2. The molecule has 4 heteroatoms. The quantitative estimate of drug-likeness (QED) is 0.556. The molecule has 1 N–H and O–H groups in total. The Hall–Kier alpha value is -2.52. The zero-order valence-corrected chi connectivity index (χ0v) is 11.8. The van der Waals surface area contributed by atoms with Gasteiger partial charge in [0.25, 0.3) is 0 Å². The van der Waals surface area contributed by atoms with Gasteiger partial charge in [0.05, 0.1) is 11.4 Å². The number of rotatable bonds is 2. The van der Waals surface area contributed by atoms with Crippen LogP contribution in [0.15, 0.2) is 65.2 Å². The van der Waals surface area contributed by atoms with E-state index in [-0.39, 0.29) is 0 Å². The molecule has 3 nitrogen and oxygen atoms in total. The van der Waals surface area contributed by atoms with Gasteiger partial charge in [0.2, 0.25) is 0 Å². The average Bonchev–Trinajstić information content (AvgIpc) is 3.16. The highest BCUT2D eigenvalue weighted by Gasteiger charge is 2.09. The van der Waals surface area contributed by atoms with E-state index in [1.807, 2.05) is 60.8 Å². The van der Waals surface area contributed by atoms with Crippen molar-refractivity contribution >= 4 is 22.6 Å². The molecule has 0 amide bonds. The molecule has 0 spiro atoms. The number of furan rings is 1. The minimum absolute atomic E-state index is 0.663. The molecule has 0 fully saturated rings. The molecule has 102 valence electrons. The highest BCUT2D eigenvalue weighted by Crippen LogP contribution is 2.29. The Kier molecular flexibility index (Phi) is 2.79. The van der Waals surface area contributed by atoms with Gasteiger partial charge in [0, 0.05) is 22.7 Å². The summed E-state index contributed by atoms with van der Waals surface area (Å²) < 4.78 is 5.85. The minimum atomic E-state index is 0.663. The molecule has 0 aliphatic carbocycles. The molecule has 0 aliphatic heterocycles. The standard InChI is InChI=1S/C17H11ClN2O/c18-12-7-6-11-9-17(21-16(11)10-12)15-4-1-3-14(20-15)13-5-2-8-19-13/h1-10,19H. The van der Waals surface area contributed by atoms with Crippen LogP contribution in [-0.4, -0.2) is 9.97 Å². The van der Waals surface area contributed by atoms with Crippen molar-refractivity contribution in [2.45, 2.75) is 0 Å². The normalized spacial score (nSPS) is 11.1. The molecule has 0 aliphatic rings. The first-order valence-electron chi connectivity index (χ1n) is 6.60. The number of halogens is 1. The second kappa shape index (κ2) is 4.79. The second-order valence-electron chi connectivity index (χ2n) is 4.78. The largest absolute Gasteiger partial charge is 0.454 e. The lowest BCUT2D eigenvalue weighted by atomic mass is 10.2. The third-order valence-electron chi connectivity index (χ3n) is 3.36. The molecule has 4 aromatic rings. The van der Waals surface area contributed by atoms with Crippen molar-refractivity contribution in [1.82, 2.24) is 9.97 Å². The summed E-state index contributed by atoms with van der Waals surface area (Å²) >= 11 is 5.99. The smallest absolute Gasteiger partial charge is 0.153 e. The Bertz CT molecular complexity index is 910. The van der Waals surface area contributed by atoms with E-state index in [1.165, 1.54) is 0 Å². The van der Waals surface area contributed by atoms with Crippen molar-refractivity contribution in [3.63, 3.8) is 0 Å². The summed E-state index contributed by atoms with van der Waals surface area (Å²) in [6, 6.07) is 17.4. The van der Waals surface area contributed by atoms with E-state index in [0.717, 1.165) is 33.8 Å². The number of nitrogens with zero attached hydrogens (tertiary/aromatic N) is 1. The van der Waals surface area contributed by atoms with Crippen molar-refractivity contribution < 1.29 is 4.42 Å². The highest BCUT2D eigenvalue weighted by atomic mass is 35.5. The molecule has 0 radical (unpaired) electrons. The van der Waals surface area contributed by atoms with Crippen LogP contribution in [-0.2, 0) is 0 Å². The second-order valence-corrected chi connectivity index (χ2v) is 5.22. The van der Waals surface area contributed by atoms with Crippen LogP contribution in [0.4, 0.5) is 0 Å². The summed E-state index contributed by atoms with van der Waals surface area (Å²) in [5.74, 6) is 0.737. The number of pyridine rings is 1. The highest BCUT2D eigenvalue weighted by molar-refractivity contribution is 6.31. The van der Waals surface area contributed by atoms with Gasteiger partial charge < -0.3 is 9.40 Å². The van der Waals surface area contributed by atoms with Crippen LogP contribution in [0, 0.1) is 0 Å². The molecule has 0 atom stereocenters. The fourth-order valence-electron chi connectivity index (χ4n) is 2.34. The Labute approximate surface area is 126 Å². The molecule has 3 heterocycles. The van der Waals surface area contributed by atoms with Crippen LogP contribution in [0.3, 0.4) is 0 Å². The molecular weight excluding hydrogens is 284 g/mol. The summed E-state index contributed by atoms with van der Waals surface area (Å²) in [6.45, 7) is 0. The van der Waals surface area contributed by atoms with E-state index in [1.54, 1.807) is 0 Å². The monoisotopic (exact) mass is 294 g/mol. The Morgan fingerprint density at radius 2 is 1.86 bits per heavy atom. The van der Waals surface area contributed by atoms with Gasteiger partial charge in [0.1, 0.15) is 11.3 Å². The SMILES string of the molecule is Clc1ccc2cc(-c3cccc(-c4ccc[nH]4)n3)oc2c1. The van der Waals surface area contributed by atoms with E-state index in [2.05, 4.69) is 9.97 Å². The molecule has 0 saturated heterocycles. The average molecular weight is 295 g/mol. The molecule has 0 bridgehead atoms. The Morgan fingerprint density at radius 3 is 2.71 bits per heavy atom. The van der Waals surface area contributed by atoms with Crippen molar-refractivity contribution in [3.05, 3.63) is 65.8 Å². The van der Waals surface area contributed by atoms with Gasteiger partial charge in [-0.05, 0) is 42.5 Å². The topological polar surface area (TPSA) is 41.8 Å². The van der Waals surface area contributed by atoms with E-state index in [9.17, 15) is 0 Å². The van der Waals surface area contributed by atoms with Crippen molar-refractivity contribution in [2.75, 3.05) is 0 Å². The maximum Gasteiger partial charge on any atom is 0.153 e. The lowest BCUT2D eigenvalue weighted by Crippen LogP contribution is -1.86. The van der Waals surface area contributed by atoms with Gasteiger partial charge in [0.15, 0.2) is 5.76 Å². The summed E-state index contributed by atoms with van der Waals surface area (Å²) in [7, 11) is 0. The van der Waals surface area contributed by atoms with Crippen LogP contribution in [0.25, 0.3) is 33.8 Å². The first-order chi connectivity index (χ1) is 10.3. The number of aromatic nitrogens is 2. The number of H-pyrrole nitrogens is 1. The van der Waals surface area contributed by atoms with Gasteiger partial charge in [-0.15, -0.1) is 0 Å². The molecule has 4 rings (SSSR count). The Balaban J connectivity index is 1.83. The maximum absolute atomic E-state index is 5.99. The van der Waals surface area contributed by atoms with E-state index >= 15 is 0 Å². The Morgan fingerprint density at radius 1 is 0.952 bits per heavy atom. The number of fused-ring (bicyclic) bond motifs is 1. The maximum atomic E-state index is 5.99. The minimum Gasteiger partial charge on any atom is -0.454 e. The molecule has 21 heavy (non-hydrogen) atoms. The van der Waals surface area contributed by atoms with Gasteiger partial charge in [-0.1, -0.05) is 17.7 Å². The third kappa shape index (κ3) is 2.22. The summed E-state index contributed by atoms with van der Waals surface area (Å²) in [5, 5.41) is 1.68. The first-order valence-corrected chi connectivity index (χ1v) is 6.98. The van der Waals surface area contributed by atoms with Crippen LogP contribution in [0.5, 0.6) is 0 Å². The number of nitrogens with one attached hydrogen (secondary N) is 1. The summed E-state index contributed by atoms with van der Waals surface area (Å²) in [6.07, 6.45) is 1.88. The molecular formula is C17H11ClN2O. The van der Waals surface area contributed by atoms with Crippen LogP contribution < -0.4 is 0 Å². The fourth-order valence-corrected chi connectivity index (χ4v) is 2.50. The summed E-state index contributed by atoms with van der Waals surface area (Å²) in [5.41, 5.74) is 3.44. The predicted molar refractivity (Wildman–Crippen MR) is 84.2 cm³/mol. The van der Waals surface area contributed by atoms with Gasteiger partial charge in [-0.25, -0.2) is 4.98 Å². The van der Waals surface area contributed by atoms with E-state index in [0.29, 0.717) is 5.02 Å². The zero-order valence-electron chi connectivity index (χ0n) is 11.0. The molecule has 1 aromatic carbocycles. The van der Waals surface area contributed by atoms with Crippen LogP contribution >= 0.6 is 11.6 Å². The number of hydrogen-bond donors (Lipinski definition) is 1. The first kappa shape index (κ1) is 12.2. The van der Waals surface area contributed by atoms with E-state index in [4.69, 9.17) is 16.0 Å². The van der Waals surface area contributed by atoms with E-state index < -0.39 is 0 Å². The van der Waals surface area contributed by atoms with Crippen molar-refractivity contribution in [2.24, 2.45) is 0 Å². The van der Waals surface area contributed by atoms with Crippen LogP contribution in [0.1, 0.15) is 0 Å². The van der Waals surface area contributed by atoms with Gasteiger partial charge in [-0.3, -0.25) is 0 Å². The molecule has 3 aromatic heterocycles. The lowest BCUT2D eigenvalue weighted by Gasteiger charge is -2.00. The molecule has 0 unspecified atom stereocenters. The van der Waals surface area contributed by atoms with Gasteiger partial charge in [-0.2, -0.15) is 0 Å². The fraction of sp³-hybridized carbons (Fsp3) is 0. The predicted octanol–water partition coefficient (Wildman–Crippen LogP) is 5.14.